The van der Waals surface area contributed by atoms with Crippen molar-refractivity contribution in [3.8, 4) is 0 Å². The minimum Gasteiger partial charge on any atom is -0.462 e. The monoisotopic (exact) mass is 1150 g/mol. The van der Waals surface area contributed by atoms with Crippen molar-refractivity contribution < 1.29 is 28.6 Å². The van der Waals surface area contributed by atoms with Gasteiger partial charge < -0.3 is 14.2 Å². The van der Waals surface area contributed by atoms with Gasteiger partial charge in [0.15, 0.2) is 6.10 Å². The maximum atomic E-state index is 12.9. The van der Waals surface area contributed by atoms with Crippen LogP contribution in [0.2, 0.25) is 0 Å². The van der Waals surface area contributed by atoms with Gasteiger partial charge in [-0.25, -0.2) is 0 Å². The predicted molar refractivity (Wildman–Crippen MR) is 362 cm³/mol. The summed E-state index contributed by atoms with van der Waals surface area (Å²) >= 11 is 0. The molecule has 0 aliphatic rings. The lowest BCUT2D eigenvalue weighted by Gasteiger charge is -2.18. The van der Waals surface area contributed by atoms with Crippen molar-refractivity contribution in [2.75, 3.05) is 13.2 Å². The van der Waals surface area contributed by atoms with Gasteiger partial charge in [-0.15, -0.1) is 0 Å². The van der Waals surface area contributed by atoms with Crippen molar-refractivity contribution in [3.63, 3.8) is 0 Å². The lowest BCUT2D eigenvalue weighted by atomic mass is 10.0. The molecule has 0 heterocycles. The van der Waals surface area contributed by atoms with E-state index in [1.54, 1.807) is 0 Å². The van der Waals surface area contributed by atoms with Gasteiger partial charge in [-0.2, -0.15) is 0 Å². The number of carbonyl (C=O) groups excluding carboxylic acids is 3. The second-order valence-electron chi connectivity index (χ2n) is 23.1. The average molecular weight is 1150 g/mol. The highest BCUT2D eigenvalue weighted by atomic mass is 16.6. The summed E-state index contributed by atoms with van der Waals surface area (Å²) in [5.41, 5.74) is 0. The highest BCUT2D eigenvalue weighted by Gasteiger charge is 2.19. The zero-order valence-electron chi connectivity index (χ0n) is 54.4. The molecule has 0 fully saturated rings. The topological polar surface area (TPSA) is 78.9 Å². The largest absolute Gasteiger partial charge is 0.462 e. The summed E-state index contributed by atoms with van der Waals surface area (Å²) in [5, 5.41) is 0. The van der Waals surface area contributed by atoms with Gasteiger partial charge in [-0.1, -0.05) is 296 Å². The van der Waals surface area contributed by atoms with Gasteiger partial charge in [0.1, 0.15) is 13.2 Å². The number of hydrogen-bond donors (Lipinski definition) is 0. The molecule has 6 nitrogen and oxygen atoms in total. The number of unbranched alkanes of at least 4 members (excludes halogenated alkanes) is 32. The predicted octanol–water partition coefficient (Wildman–Crippen LogP) is 24.3. The molecule has 0 saturated carbocycles. The Morgan fingerprint density at radius 3 is 0.771 bits per heavy atom. The third-order valence-corrected chi connectivity index (χ3v) is 14.9. The van der Waals surface area contributed by atoms with Gasteiger partial charge in [0.2, 0.25) is 0 Å². The Bertz CT molecular complexity index is 1700. The van der Waals surface area contributed by atoms with Crippen LogP contribution >= 0.6 is 0 Å². The normalized spacial score (nSPS) is 12.9. The highest BCUT2D eigenvalue weighted by molar-refractivity contribution is 5.71. The Balaban J connectivity index is 4.31. The van der Waals surface area contributed by atoms with Crippen LogP contribution in [0, 0.1) is 0 Å². The van der Waals surface area contributed by atoms with E-state index in [0.29, 0.717) is 12.8 Å². The van der Waals surface area contributed by atoms with Crippen molar-refractivity contribution in [1.29, 1.82) is 0 Å². The van der Waals surface area contributed by atoms with Crippen molar-refractivity contribution in [1.82, 2.24) is 0 Å². The number of ether oxygens (including phenoxy) is 3. The summed E-state index contributed by atoms with van der Waals surface area (Å²) in [6.45, 7) is 6.47. The molecule has 0 aromatic carbocycles. The maximum Gasteiger partial charge on any atom is 0.306 e. The minimum atomic E-state index is -0.806. The summed E-state index contributed by atoms with van der Waals surface area (Å²) in [7, 11) is 0. The number of allylic oxidation sites excluding steroid dienone is 20. The highest BCUT2D eigenvalue weighted by Crippen LogP contribution is 2.16. The second kappa shape index (κ2) is 70.3. The van der Waals surface area contributed by atoms with Gasteiger partial charge in [-0.05, 0) is 135 Å². The summed E-state index contributed by atoms with van der Waals surface area (Å²) < 4.78 is 16.9. The SMILES string of the molecule is CC/C=C\C/C=C\C/C=C\C/C=C\C/C=C\CCCCCC(=O)OC(COC(=O)CCCCCCC/C=C\C/C=C\CCCCC)COC(=O)CCCCCCCCCCCCCCCCCC/C=C\C/C=C\C/C=C\CCCCCCC. The Labute approximate surface area is 513 Å². The summed E-state index contributed by atoms with van der Waals surface area (Å²) in [5.74, 6) is -0.935. The second-order valence-corrected chi connectivity index (χ2v) is 23.1. The third-order valence-electron chi connectivity index (χ3n) is 14.9. The van der Waals surface area contributed by atoms with Gasteiger partial charge in [0.25, 0.3) is 0 Å². The molecular formula is C77H130O6. The first kappa shape index (κ1) is 78.8. The van der Waals surface area contributed by atoms with Crippen molar-refractivity contribution in [3.05, 3.63) is 122 Å². The fourth-order valence-electron chi connectivity index (χ4n) is 9.68. The molecule has 0 rings (SSSR count). The van der Waals surface area contributed by atoms with Gasteiger partial charge >= 0.3 is 17.9 Å². The minimum absolute atomic E-state index is 0.0968. The molecule has 0 saturated heterocycles. The van der Waals surface area contributed by atoms with Crippen molar-refractivity contribution >= 4 is 17.9 Å². The quantitative estimate of drug-likeness (QED) is 0.0261. The lowest BCUT2D eigenvalue weighted by Crippen LogP contribution is -2.30. The first-order valence-electron chi connectivity index (χ1n) is 35.0. The van der Waals surface area contributed by atoms with E-state index in [1.807, 2.05) is 0 Å². The Morgan fingerprint density at radius 1 is 0.253 bits per heavy atom. The van der Waals surface area contributed by atoms with E-state index in [2.05, 4.69) is 142 Å². The molecule has 1 unspecified atom stereocenters. The molecular weight excluding hydrogens is 1020 g/mol. The van der Waals surface area contributed by atoms with Crippen LogP contribution in [-0.2, 0) is 28.6 Å². The Hall–Kier alpha value is -4.19. The van der Waals surface area contributed by atoms with E-state index in [9.17, 15) is 14.4 Å². The van der Waals surface area contributed by atoms with E-state index in [4.69, 9.17) is 14.2 Å². The standard InChI is InChI=1S/C77H130O6/c1-4-7-10-13-16-19-22-25-28-30-32-33-34-35-36-37-38-39-40-41-42-43-45-46-49-52-55-58-61-64-67-70-76(79)82-73-74(72-81-75(78)69-66-63-60-57-54-51-48-27-24-21-18-15-12-9-6-3)83-77(80)71-68-65-62-59-56-53-50-47-44-31-29-26-23-20-17-14-11-8-5-2/h8,11,17-18,20-22,25-27,29-30,32,34-35,44,47-48,53,56,74H,4-7,9-10,12-16,19,23-24,28,31,33,36-43,45-46,49-52,54-55,57-73H2,1-3H3/b11-8-,20-17-,21-18-,25-22-,29-26-,32-30-,35-34-,47-44-,48-27-,56-53-. The van der Waals surface area contributed by atoms with Crippen LogP contribution in [0.25, 0.3) is 0 Å². The number of rotatable bonds is 63. The number of hydrogen-bond acceptors (Lipinski definition) is 6. The fourth-order valence-corrected chi connectivity index (χ4v) is 9.68. The average Bonchev–Trinajstić information content (AvgIpc) is 3.49. The first-order chi connectivity index (χ1) is 41.0. The van der Waals surface area contributed by atoms with Gasteiger partial charge in [0, 0.05) is 19.3 Å². The molecule has 6 heteroatoms. The maximum absolute atomic E-state index is 12.9. The van der Waals surface area contributed by atoms with Gasteiger partial charge in [0.05, 0.1) is 0 Å². The molecule has 474 valence electrons. The lowest BCUT2D eigenvalue weighted by molar-refractivity contribution is -0.167. The molecule has 0 aromatic heterocycles. The smallest absolute Gasteiger partial charge is 0.306 e. The van der Waals surface area contributed by atoms with Crippen LogP contribution in [0.15, 0.2) is 122 Å². The number of carbonyl (C=O) groups is 3. The Kier molecular flexibility index (Phi) is 66.7. The summed E-state index contributed by atoms with van der Waals surface area (Å²) in [4.78, 5) is 38.4. The summed E-state index contributed by atoms with van der Waals surface area (Å²) in [6, 6.07) is 0. The molecule has 0 amide bonds. The van der Waals surface area contributed by atoms with E-state index >= 15 is 0 Å². The zero-order valence-corrected chi connectivity index (χ0v) is 54.4. The van der Waals surface area contributed by atoms with Crippen molar-refractivity contribution in [2.45, 2.75) is 335 Å². The van der Waals surface area contributed by atoms with E-state index in [-0.39, 0.29) is 37.5 Å². The molecule has 0 bridgehead atoms. The van der Waals surface area contributed by atoms with E-state index in [1.165, 1.54) is 154 Å². The third kappa shape index (κ3) is 68.5. The summed E-state index contributed by atoms with van der Waals surface area (Å²) in [6.07, 6.45) is 98.0. The molecule has 0 radical (unpaired) electrons. The van der Waals surface area contributed by atoms with E-state index < -0.39 is 6.10 Å². The van der Waals surface area contributed by atoms with Crippen LogP contribution in [-0.4, -0.2) is 37.2 Å². The fraction of sp³-hybridized carbons (Fsp3) is 0.701. The van der Waals surface area contributed by atoms with Crippen LogP contribution in [0.1, 0.15) is 329 Å². The molecule has 1 atom stereocenters. The molecule has 0 aliphatic heterocycles. The van der Waals surface area contributed by atoms with Crippen LogP contribution < -0.4 is 0 Å². The molecule has 83 heavy (non-hydrogen) atoms. The molecule has 0 aliphatic carbocycles. The Morgan fingerprint density at radius 2 is 0.470 bits per heavy atom. The van der Waals surface area contributed by atoms with Crippen LogP contribution in [0.3, 0.4) is 0 Å². The van der Waals surface area contributed by atoms with Gasteiger partial charge in [-0.3, -0.25) is 14.4 Å². The molecule has 0 spiro atoms. The number of esters is 3. The molecule has 0 N–H and O–H groups in total. The molecule has 0 aromatic rings. The zero-order chi connectivity index (χ0) is 59.9. The van der Waals surface area contributed by atoms with Crippen LogP contribution in [0.5, 0.6) is 0 Å². The van der Waals surface area contributed by atoms with E-state index in [0.717, 1.165) is 135 Å². The first-order valence-corrected chi connectivity index (χ1v) is 35.0. The van der Waals surface area contributed by atoms with Crippen molar-refractivity contribution in [2.24, 2.45) is 0 Å². The van der Waals surface area contributed by atoms with Crippen LogP contribution in [0.4, 0.5) is 0 Å².